The molecule has 140 valence electrons. The number of benzene rings is 1. The van der Waals surface area contributed by atoms with Gasteiger partial charge in [0.25, 0.3) is 5.91 Å². The Morgan fingerprint density at radius 2 is 2.12 bits per heavy atom. The van der Waals surface area contributed by atoms with Crippen molar-refractivity contribution in [3.63, 3.8) is 0 Å². The van der Waals surface area contributed by atoms with E-state index in [-0.39, 0.29) is 30.1 Å². The molecule has 1 unspecified atom stereocenters. The summed E-state index contributed by atoms with van der Waals surface area (Å²) in [5.74, 6) is 0.200. The summed E-state index contributed by atoms with van der Waals surface area (Å²) in [6.45, 7) is 6.38. The Hall–Kier alpha value is -1.30. The van der Waals surface area contributed by atoms with Gasteiger partial charge in [0.1, 0.15) is 0 Å². The minimum atomic E-state index is -0.204. The lowest BCUT2D eigenvalue weighted by Crippen LogP contribution is -2.33. The Morgan fingerprint density at radius 1 is 1.36 bits per heavy atom. The number of halogens is 2. The minimum absolute atomic E-state index is 0. The van der Waals surface area contributed by atoms with Gasteiger partial charge in [-0.1, -0.05) is 25.4 Å². The maximum absolute atomic E-state index is 12.4. The molecule has 5 nitrogen and oxygen atoms in total. The second kappa shape index (κ2) is 10.6. The summed E-state index contributed by atoms with van der Waals surface area (Å²) in [6.07, 6.45) is 3.36. The highest BCUT2D eigenvalue weighted by Crippen LogP contribution is 2.21. The molecule has 2 amide bonds. The molecule has 7 heteroatoms. The first-order valence-electron chi connectivity index (χ1n) is 8.56. The molecule has 0 aliphatic carbocycles. The number of nitrogens with one attached hydrogen (secondary N) is 3. The lowest BCUT2D eigenvalue weighted by molar-refractivity contribution is -0.118. The average molecular weight is 388 g/mol. The summed E-state index contributed by atoms with van der Waals surface area (Å²) in [7, 11) is 0. The van der Waals surface area contributed by atoms with Crippen LogP contribution in [0.1, 0.15) is 43.5 Å². The van der Waals surface area contributed by atoms with Crippen molar-refractivity contribution in [1.82, 2.24) is 10.6 Å². The summed E-state index contributed by atoms with van der Waals surface area (Å²) in [4.78, 5) is 24.1. The second-order valence-electron chi connectivity index (χ2n) is 6.60. The molecule has 0 saturated carbocycles. The Kier molecular flexibility index (Phi) is 9.25. The fraction of sp³-hybridized carbons (Fsp3) is 0.556. The SMILES string of the molecule is CC(C)C(=O)Nc1ccc(Cl)c(C(=O)NCCC2CCCNC2)c1.Cl. The van der Waals surface area contributed by atoms with Crippen molar-refractivity contribution in [2.75, 3.05) is 25.0 Å². The third-order valence-electron chi connectivity index (χ3n) is 4.24. The molecule has 1 saturated heterocycles. The molecule has 0 aromatic heterocycles. The van der Waals surface area contributed by atoms with E-state index in [9.17, 15) is 9.59 Å². The Balaban J connectivity index is 0.00000312. The second-order valence-corrected chi connectivity index (χ2v) is 7.00. The number of carbonyl (C=O) groups is 2. The molecule has 25 heavy (non-hydrogen) atoms. The van der Waals surface area contributed by atoms with Gasteiger partial charge >= 0.3 is 0 Å². The maximum atomic E-state index is 12.4. The number of rotatable bonds is 6. The zero-order valence-electron chi connectivity index (χ0n) is 14.7. The lowest BCUT2D eigenvalue weighted by atomic mass is 9.96. The predicted molar refractivity (Wildman–Crippen MR) is 105 cm³/mol. The van der Waals surface area contributed by atoms with E-state index in [1.54, 1.807) is 18.2 Å². The smallest absolute Gasteiger partial charge is 0.252 e. The summed E-state index contributed by atoms with van der Waals surface area (Å²) >= 11 is 6.13. The van der Waals surface area contributed by atoms with Crippen LogP contribution in [0.5, 0.6) is 0 Å². The highest BCUT2D eigenvalue weighted by Gasteiger charge is 2.15. The molecule has 1 atom stereocenters. The van der Waals surface area contributed by atoms with Gasteiger partial charge in [-0.15, -0.1) is 12.4 Å². The fourth-order valence-corrected chi connectivity index (χ4v) is 2.92. The largest absolute Gasteiger partial charge is 0.352 e. The maximum Gasteiger partial charge on any atom is 0.252 e. The summed E-state index contributed by atoms with van der Waals surface area (Å²) in [5, 5.41) is 9.47. The monoisotopic (exact) mass is 387 g/mol. The van der Waals surface area contributed by atoms with Crippen LogP contribution in [0.4, 0.5) is 5.69 Å². The number of anilines is 1. The summed E-state index contributed by atoms with van der Waals surface area (Å²) in [6, 6.07) is 4.96. The van der Waals surface area contributed by atoms with Gasteiger partial charge in [0.05, 0.1) is 10.6 Å². The third kappa shape index (κ3) is 6.84. The fourth-order valence-electron chi connectivity index (χ4n) is 2.72. The van der Waals surface area contributed by atoms with Crippen LogP contribution in [0.2, 0.25) is 5.02 Å². The molecule has 1 aromatic carbocycles. The Morgan fingerprint density at radius 3 is 2.76 bits per heavy atom. The summed E-state index contributed by atoms with van der Waals surface area (Å²) in [5.41, 5.74) is 0.972. The molecule has 2 rings (SSSR count). The molecule has 0 spiro atoms. The summed E-state index contributed by atoms with van der Waals surface area (Å²) < 4.78 is 0. The molecule has 1 aliphatic rings. The van der Waals surface area contributed by atoms with Crippen LogP contribution in [-0.2, 0) is 4.79 Å². The molecule has 1 heterocycles. The standard InChI is InChI=1S/C18H26ClN3O2.ClH/c1-12(2)17(23)22-14-5-6-16(19)15(10-14)18(24)21-9-7-13-4-3-8-20-11-13;/h5-6,10,12-13,20H,3-4,7-9,11H2,1-2H3,(H,21,24)(H,22,23);1H. The molecular formula is C18H27Cl2N3O2. The van der Waals surface area contributed by atoms with Crippen molar-refractivity contribution in [2.45, 2.75) is 33.1 Å². The Bertz CT molecular complexity index is 588. The molecule has 1 aliphatic heterocycles. The van der Waals surface area contributed by atoms with E-state index < -0.39 is 0 Å². The van der Waals surface area contributed by atoms with Crippen LogP contribution in [0.15, 0.2) is 18.2 Å². The van der Waals surface area contributed by atoms with E-state index in [1.807, 2.05) is 13.8 Å². The molecule has 0 bridgehead atoms. The van der Waals surface area contributed by atoms with Gasteiger partial charge in [0.2, 0.25) is 5.91 Å². The normalized spacial score (nSPS) is 16.9. The highest BCUT2D eigenvalue weighted by molar-refractivity contribution is 6.34. The molecular weight excluding hydrogens is 361 g/mol. The van der Waals surface area contributed by atoms with Gasteiger partial charge in [-0.2, -0.15) is 0 Å². The zero-order chi connectivity index (χ0) is 17.5. The van der Waals surface area contributed by atoms with Crippen LogP contribution in [0, 0.1) is 11.8 Å². The number of hydrogen-bond acceptors (Lipinski definition) is 3. The number of carbonyl (C=O) groups excluding carboxylic acids is 2. The van der Waals surface area contributed by atoms with Crippen molar-refractivity contribution < 1.29 is 9.59 Å². The van der Waals surface area contributed by atoms with E-state index in [1.165, 1.54) is 12.8 Å². The lowest BCUT2D eigenvalue weighted by Gasteiger charge is -2.22. The first-order chi connectivity index (χ1) is 11.5. The van der Waals surface area contributed by atoms with Gasteiger partial charge in [-0.25, -0.2) is 0 Å². The zero-order valence-corrected chi connectivity index (χ0v) is 16.3. The van der Waals surface area contributed by atoms with Crippen LogP contribution in [0.3, 0.4) is 0 Å². The first-order valence-corrected chi connectivity index (χ1v) is 8.94. The first kappa shape index (κ1) is 21.7. The topological polar surface area (TPSA) is 70.2 Å². The van der Waals surface area contributed by atoms with Gasteiger partial charge < -0.3 is 16.0 Å². The minimum Gasteiger partial charge on any atom is -0.352 e. The highest BCUT2D eigenvalue weighted by atomic mass is 35.5. The number of hydrogen-bond donors (Lipinski definition) is 3. The van der Waals surface area contributed by atoms with E-state index in [0.717, 1.165) is 19.5 Å². The molecule has 1 fully saturated rings. The van der Waals surface area contributed by atoms with E-state index in [4.69, 9.17) is 11.6 Å². The molecule has 1 aromatic rings. The van der Waals surface area contributed by atoms with Crippen LogP contribution in [-0.4, -0.2) is 31.4 Å². The molecule has 0 radical (unpaired) electrons. The van der Waals surface area contributed by atoms with Crippen LogP contribution in [0.25, 0.3) is 0 Å². The Labute approximate surface area is 160 Å². The van der Waals surface area contributed by atoms with E-state index in [0.29, 0.717) is 28.7 Å². The van der Waals surface area contributed by atoms with Crippen LogP contribution < -0.4 is 16.0 Å². The number of amides is 2. The van der Waals surface area contributed by atoms with Crippen molar-refractivity contribution in [3.8, 4) is 0 Å². The van der Waals surface area contributed by atoms with Crippen molar-refractivity contribution in [1.29, 1.82) is 0 Å². The predicted octanol–water partition coefficient (Wildman–Crippen LogP) is 3.48. The third-order valence-corrected chi connectivity index (χ3v) is 4.57. The van der Waals surface area contributed by atoms with Crippen molar-refractivity contribution in [3.05, 3.63) is 28.8 Å². The van der Waals surface area contributed by atoms with Gasteiger partial charge in [0.15, 0.2) is 0 Å². The quantitative estimate of drug-likeness (QED) is 0.699. The van der Waals surface area contributed by atoms with Gasteiger partial charge in [-0.05, 0) is 56.5 Å². The van der Waals surface area contributed by atoms with Crippen molar-refractivity contribution >= 4 is 41.5 Å². The van der Waals surface area contributed by atoms with Crippen LogP contribution >= 0.6 is 24.0 Å². The number of piperidine rings is 1. The van der Waals surface area contributed by atoms with E-state index >= 15 is 0 Å². The van der Waals surface area contributed by atoms with Crippen molar-refractivity contribution in [2.24, 2.45) is 11.8 Å². The van der Waals surface area contributed by atoms with Gasteiger partial charge in [-0.3, -0.25) is 9.59 Å². The van der Waals surface area contributed by atoms with E-state index in [2.05, 4.69) is 16.0 Å². The average Bonchev–Trinajstić information content (AvgIpc) is 2.57. The van der Waals surface area contributed by atoms with Gasteiger partial charge in [0, 0.05) is 18.2 Å². The molecule has 3 N–H and O–H groups in total.